The molecule has 0 aliphatic rings. The first kappa shape index (κ1) is 18.0. The van der Waals surface area contributed by atoms with E-state index in [1.165, 1.54) is 22.2 Å². The van der Waals surface area contributed by atoms with Crippen LogP contribution < -0.4 is 11.0 Å². The van der Waals surface area contributed by atoms with Crippen LogP contribution in [0.2, 0.25) is 5.02 Å². The smallest absolute Gasteiger partial charge is 0.275 e. The Balaban J connectivity index is 1.50. The van der Waals surface area contributed by atoms with E-state index in [0.29, 0.717) is 11.4 Å². The van der Waals surface area contributed by atoms with Crippen LogP contribution in [-0.2, 0) is 0 Å². The number of hydrogen-bond acceptors (Lipinski definition) is 7. The number of rotatable bonds is 5. The van der Waals surface area contributed by atoms with Crippen LogP contribution in [-0.4, -0.2) is 26.0 Å². The van der Waals surface area contributed by atoms with Crippen molar-refractivity contribution in [2.24, 2.45) is 5.10 Å². The fourth-order valence-corrected chi connectivity index (χ4v) is 3.37. The number of hydrogen-bond donors (Lipinski definition) is 1. The average Bonchev–Trinajstić information content (AvgIpc) is 3.21. The molecule has 3 heterocycles. The SMILES string of the molecule is O=c1c(Cl)c(N/N=C/c2cnc(-c3ccncc3)s2)cnn1-c1ccccc1. The third-order valence-electron chi connectivity index (χ3n) is 3.75. The maximum Gasteiger partial charge on any atom is 0.292 e. The topological polar surface area (TPSA) is 85.1 Å². The molecule has 0 radical (unpaired) electrons. The van der Waals surface area contributed by atoms with Crippen molar-refractivity contribution < 1.29 is 0 Å². The molecule has 138 valence electrons. The minimum atomic E-state index is -0.425. The number of nitrogens with zero attached hydrogens (tertiary/aromatic N) is 5. The molecular formula is C19H13ClN6OS. The van der Waals surface area contributed by atoms with E-state index in [-0.39, 0.29) is 5.02 Å². The van der Waals surface area contributed by atoms with E-state index in [9.17, 15) is 4.79 Å². The number of anilines is 1. The van der Waals surface area contributed by atoms with Crippen LogP contribution in [0.15, 0.2) is 77.1 Å². The van der Waals surface area contributed by atoms with Crippen molar-refractivity contribution in [2.75, 3.05) is 5.43 Å². The van der Waals surface area contributed by atoms with E-state index < -0.39 is 5.56 Å². The number of aromatic nitrogens is 4. The molecule has 28 heavy (non-hydrogen) atoms. The van der Waals surface area contributed by atoms with Crippen molar-refractivity contribution in [3.05, 3.63) is 87.5 Å². The van der Waals surface area contributed by atoms with Gasteiger partial charge < -0.3 is 0 Å². The van der Waals surface area contributed by atoms with Crippen LogP contribution in [0.5, 0.6) is 0 Å². The first-order chi connectivity index (χ1) is 13.7. The number of pyridine rings is 1. The van der Waals surface area contributed by atoms with Crippen molar-refractivity contribution in [1.82, 2.24) is 19.7 Å². The molecule has 0 amide bonds. The van der Waals surface area contributed by atoms with E-state index in [0.717, 1.165) is 15.4 Å². The van der Waals surface area contributed by atoms with Gasteiger partial charge in [-0.2, -0.15) is 14.9 Å². The number of thiazole rings is 1. The highest BCUT2D eigenvalue weighted by molar-refractivity contribution is 7.16. The summed E-state index contributed by atoms with van der Waals surface area (Å²) < 4.78 is 1.24. The maximum atomic E-state index is 12.4. The highest BCUT2D eigenvalue weighted by Crippen LogP contribution is 2.23. The minimum Gasteiger partial charge on any atom is -0.275 e. The Hall–Kier alpha value is -3.36. The third-order valence-corrected chi connectivity index (χ3v) is 5.09. The molecule has 4 aromatic rings. The molecule has 0 unspecified atom stereocenters. The highest BCUT2D eigenvalue weighted by atomic mass is 35.5. The van der Waals surface area contributed by atoms with Gasteiger partial charge in [0, 0.05) is 24.2 Å². The second-order valence-electron chi connectivity index (χ2n) is 5.60. The Kier molecular flexibility index (Phi) is 5.22. The Labute approximate surface area is 169 Å². The summed E-state index contributed by atoms with van der Waals surface area (Å²) in [5.41, 5.74) is 4.29. The quantitative estimate of drug-likeness (QED) is 0.400. The molecule has 0 bridgehead atoms. The molecule has 0 aliphatic carbocycles. The largest absolute Gasteiger partial charge is 0.292 e. The summed E-state index contributed by atoms with van der Waals surface area (Å²) >= 11 is 7.67. The number of para-hydroxylation sites is 1. The minimum absolute atomic E-state index is 0.0118. The molecule has 0 fully saturated rings. The van der Waals surface area contributed by atoms with Crippen LogP contribution >= 0.6 is 22.9 Å². The maximum absolute atomic E-state index is 12.4. The first-order valence-electron chi connectivity index (χ1n) is 8.21. The lowest BCUT2D eigenvalue weighted by Crippen LogP contribution is -2.22. The average molecular weight is 409 g/mol. The molecule has 1 N–H and O–H groups in total. The summed E-state index contributed by atoms with van der Waals surface area (Å²) in [5.74, 6) is 0. The van der Waals surface area contributed by atoms with E-state index in [1.54, 1.807) is 36.9 Å². The van der Waals surface area contributed by atoms with Gasteiger partial charge in [0.1, 0.15) is 15.7 Å². The predicted molar refractivity (Wildman–Crippen MR) is 111 cm³/mol. The molecule has 4 rings (SSSR count). The molecule has 1 aromatic carbocycles. The second kappa shape index (κ2) is 8.12. The third kappa shape index (κ3) is 3.83. The predicted octanol–water partition coefficient (Wildman–Crippen LogP) is 3.85. The van der Waals surface area contributed by atoms with Crippen LogP contribution in [0.1, 0.15) is 4.88 Å². The zero-order valence-corrected chi connectivity index (χ0v) is 15.9. The zero-order chi connectivity index (χ0) is 19.3. The van der Waals surface area contributed by atoms with E-state index in [4.69, 9.17) is 11.6 Å². The lowest BCUT2D eigenvalue weighted by atomic mass is 10.3. The van der Waals surface area contributed by atoms with Crippen molar-refractivity contribution in [3.8, 4) is 16.3 Å². The summed E-state index contributed by atoms with van der Waals surface area (Å²) in [4.78, 5) is 21.7. The molecule has 0 saturated carbocycles. The summed E-state index contributed by atoms with van der Waals surface area (Å²) in [6.07, 6.45) is 8.24. The van der Waals surface area contributed by atoms with Crippen molar-refractivity contribution >= 4 is 34.8 Å². The van der Waals surface area contributed by atoms with Gasteiger partial charge in [-0.15, -0.1) is 11.3 Å². The zero-order valence-electron chi connectivity index (χ0n) is 14.4. The van der Waals surface area contributed by atoms with Crippen LogP contribution in [0.4, 0.5) is 5.69 Å². The summed E-state index contributed by atoms with van der Waals surface area (Å²) in [6.45, 7) is 0. The summed E-state index contributed by atoms with van der Waals surface area (Å²) in [5, 5.41) is 9.16. The van der Waals surface area contributed by atoms with Gasteiger partial charge in [-0.25, -0.2) is 4.98 Å². The van der Waals surface area contributed by atoms with E-state index in [2.05, 4.69) is 25.6 Å². The lowest BCUT2D eigenvalue weighted by Gasteiger charge is -2.07. The van der Waals surface area contributed by atoms with E-state index in [1.807, 2.05) is 30.3 Å². The van der Waals surface area contributed by atoms with Gasteiger partial charge >= 0.3 is 0 Å². The Morgan fingerprint density at radius 2 is 1.89 bits per heavy atom. The first-order valence-corrected chi connectivity index (χ1v) is 9.40. The van der Waals surface area contributed by atoms with Gasteiger partial charge in [0.05, 0.1) is 23.0 Å². The van der Waals surface area contributed by atoms with Crippen molar-refractivity contribution in [1.29, 1.82) is 0 Å². The molecule has 0 aliphatic heterocycles. The molecule has 0 saturated heterocycles. The van der Waals surface area contributed by atoms with Gasteiger partial charge in [-0.1, -0.05) is 29.8 Å². The fraction of sp³-hybridized carbons (Fsp3) is 0. The van der Waals surface area contributed by atoms with Gasteiger partial charge in [-0.05, 0) is 24.3 Å². The van der Waals surface area contributed by atoms with Crippen LogP contribution in [0, 0.1) is 0 Å². The number of hydrazone groups is 1. The van der Waals surface area contributed by atoms with Crippen LogP contribution in [0.3, 0.4) is 0 Å². The van der Waals surface area contributed by atoms with Gasteiger partial charge in [0.25, 0.3) is 5.56 Å². The Bertz CT molecular complexity index is 1170. The lowest BCUT2D eigenvalue weighted by molar-refractivity contribution is 0.808. The molecule has 0 spiro atoms. The normalized spacial score (nSPS) is 11.0. The van der Waals surface area contributed by atoms with Crippen LogP contribution in [0.25, 0.3) is 16.3 Å². The second-order valence-corrected chi connectivity index (χ2v) is 7.04. The summed E-state index contributed by atoms with van der Waals surface area (Å²) in [6, 6.07) is 12.9. The molecule has 0 atom stereocenters. The molecular weight excluding hydrogens is 396 g/mol. The molecule has 3 aromatic heterocycles. The fourth-order valence-electron chi connectivity index (χ4n) is 2.40. The van der Waals surface area contributed by atoms with Gasteiger partial charge in [-0.3, -0.25) is 15.2 Å². The van der Waals surface area contributed by atoms with E-state index >= 15 is 0 Å². The van der Waals surface area contributed by atoms with Crippen molar-refractivity contribution in [3.63, 3.8) is 0 Å². The Morgan fingerprint density at radius 3 is 2.68 bits per heavy atom. The number of nitrogens with one attached hydrogen (secondary N) is 1. The van der Waals surface area contributed by atoms with Gasteiger partial charge in [0.2, 0.25) is 0 Å². The number of benzene rings is 1. The standard InChI is InChI=1S/C19H13ClN6OS/c20-17-16(12-24-26(19(17)27)14-4-2-1-3-5-14)25-23-11-15-10-22-18(28-15)13-6-8-21-9-7-13/h1-12,25H/b23-11+. The number of halogens is 1. The monoisotopic (exact) mass is 408 g/mol. The molecule has 7 nitrogen and oxygen atoms in total. The Morgan fingerprint density at radius 1 is 1.11 bits per heavy atom. The van der Waals surface area contributed by atoms with Gasteiger partial charge in [0.15, 0.2) is 0 Å². The summed E-state index contributed by atoms with van der Waals surface area (Å²) in [7, 11) is 0. The highest BCUT2D eigenvalue weighted by Gasteiger charge is 2.10. The molecule has 9 heteroatoms. The van der Waals surface area contributed by atoms with Crippen molar-refractivity contribution in [2.45, 2.75) is 0 Å².